The number of benzene rings is 2. The summed E-state index contributed by atoms with van der Waals surface area (Å²) in [5.41, 5.74) is 6.17. The van der Waals surface area contributed by atoms with Crippen molar-refractivity contribution >= 4 is 35.0 Å². The van der Waals surface area contributed by atoms with Gasteiger partial charge in [0.1, 0.15) is 11.6 Å². The van der Waals surface area contributed by atoms with Gasteiger partial charge in [0.25, 0.3) is 5.91 Å². The first-order valence-corrected chi connectivity index (χ1v) is 13.7. The maximum absolute atomic E-state index is 14.6. The summed E-state index contributed by atoms with van der Waals surface area (Å²) < 4.78 is 56.2. The minimum Gasteiger partial charge on any atom is -0.508 e. The molecule has 0 radical (unpaired) electrons. The number of aromatic nitrogens is 2. The fraction of sp³-hybridized carbons (Fsp3) is 0.333. The molecule has 0 spiro atoms. The summed E-state index contributed by atoms with van der Waals surface area (Å²) in [4.78, 5) is 22.2. The third-order valence-electron chi connectivity index (χ3n) is 6.32. The Morgan fingerprint density at radius 1 is 1.22 bits per heavy atom. The molecule has 1 heterocycles. The molecule has 3 aromatic rings. The average Bonchev–Trinajstić information content (AvgIpc) is 3.34. The number of carbonyl (C=O) groups excluding carboxylic acids is 1. The van der Waals surface area contributed by atoms with Crippen molar-refractivity contribution in [3.8, 4) is 5.75 Å². The van der Waals surface area contributed by atoms with E-state index in [9.17, 15) is 27.5 Å². The van der Waals surface area contributed by atoms with E-state index in [1.54, 1.807) is 12.1 Å². The van der Waals surface area contributed by atoms with Gasteiger partial charge in [-0.1, -0.05) is 20.3 Å². The Bertz CT molecular complexity index is 1470. The number of aryl methyl sites for hydroxylation is 1. The van der Waals surface area contributed by atoms with Crippen LogP contribution in [0.2, 0.25) is 0 Å². The molecule has 14 heteroatoms. The number of nitrogens with zero attached hydrogens (tertiary/aromatic N) is 4. The lowest BCUT2D eigenvalue weighted by Crippen LogP contribution is -2.38. The minimum absolute atomic E-state index is 0.00215. The quantitative estimate of drug-likeness (QED) is 0.0629. The lowest BCUT2D eigenvalue weighted by atomic mass is 9.92. The highest BCUT2D eigenvalue weighted by Gasteiger charge is 2.39. The molecule has 41 heavy (non-hydrogen) atoms. The van der Waals surface area contributed by atoms with Crippen LogP contribution in [0.3, 0.4) is 0 Å². The number of halogens is 4. The largest absolute Gasteiger partial charge is 0.508 e. The van der Waals surface area contributed by atoms with E-state index in [0.717, 1.165) is 21.8 Å². The van der Waals surface area contributed by atoms with Crippen LogP contribution in [0.25, 0.3) is 0 Å². The summed E-state index contributed by atoms with van der Waals surface area (Å²) in [6, 6.07) is 9.87. The van der Waals surface area contributed by atoms with Crippen LogP contribution in [-0.4, -0.2) is 49.6 Å². The topological polar surface area (TPSA) is 129 Å². The summed E-state index contributed by atoms with van der Waals surface area (Å²) in [6.07, 6.45) is -1.43. The maximum Gasteiger partial charge on any atom is 0.435 e. The van der Waals surface area contributed by atoms with Crippen molar-refractivity contribution in [2.24, 2.45) is 18.0 Å². The number of anilines is 1. The number of aliphatic imine (C=N–C) groups is 1. The Morgan fingerprint density at radius 3 is 2.46 bits per heavy atom. The Hall–Kier alpha value is -4.16. The number of aromatic hydroxyl groups is 1. The molecule has 0 bridgehead atoms. The molecular weight excluding hydrogens is 562 g/mol. The predicted molar refractivity (Wildman–Crippen MR) is 148 cm³/mol. The van der Waals surface area contributed by atoms with E-state index in [1.807, 2.05) is 32.2 Å². The van der Waals surface area contributed by atoms with Gasteiger partial charge in [0.2, 0.25) is 5.96 Å². The molecule has 4 N–H and O–H groups in total. The van der Waals surface area contributed by atoms with E-state index in [2.05, 4.69) is 25.5 Å². The van der Waals surface area contributed by atoms with Gasteiger partial charge < -0.3 is 10.4 Å². The van der Waals surface area contributed by atoms with Crippen molar-refractivity contribution in [2.45, 2.75) is 43.8 Å². The monoisotopic (exact) mass is 592 g/mol. The molecule has 1 amide bonds. The molecule has 2 aromatic carbocycles. The third kappa shape index (κ3) is 8.18. The lowest BCUT2D eigenvalue weighted by Gasteiger charge is -2.20. The Balaban J connectivity index is 2.04. The first-order valence-electron chi connectivity index (χ1n) is 12.5. The number of amides is 1. The van der Waals surface area contributed by atoms with E-state index in [0.29, 0.717) is 12.1 Å². The second kappa shape index (κ2) is 13.5. The molecule has 0 aliphatic heterocycles. The second-order valence-electron chi connectivity index (χ2n) is 9.23. The Kier molecular flexibility index (Phi) is 10.3. The number of thioether (sulfide) groups is 1. The zero-order valence-electron chi connectivity index (χ0n) is 22.8. The van der Waals surface area contributed by atoms with E-state index >= 15 is 0 Å². The smallest absolute Gasteiger partial charge is 0.435 e. The number of guanidine groups is 1. The minimum atomic E-state index is -4.86. The van der Waals surface area contributed by atoms with Gasteiger partial charge in [0.05, 0.1) is 33.9 Å². The number of nitrogens with one attached hydrogen (secondary N) is 3. The normalized spacial score (nSPS) is 13.3. The van der Waals surface area contributed by atoms with E-state index in [-0.39, 0.29) is 35.3 Å². The highest BCUT2D eigenvalue weighted by molar-refractivity contribution is 7.98. The van der Waals surface area contributed by atoms with Crippen molar-refractivity contribution in [3.63, 3.8) is 0 Å². The van der Waals surface area contributed by atoms with Crippen LogP contribution >= 0.6 is 11.8 Å². The fourth-order valence-corrected chi connectivity index (χ4v) is 4.32. The predicted octanol–water partition coefficient (Wildman–Crippen LogP) is 5.74. The molecule has 0 saturated carbocycles. The highest BCUT2D eigenvalue weighted by atomic mass is 32.2. The second-order valence-corrected chi connectivity index (χ2v) is 10.1. The third-order valence-corrected chi connectivity index (χ3v) is 7.07. The van der Waals surface area contributed by atoms with Gasteiger partial charge in [-0.15, -0.1) is 11.8 Å². The van der Waals surface area contributed by atoms with Crippen molar-refractivity contribution in [2.75, 3.05) is 11.6 Å². The zero-order valence-corrected chi connectivity index (χ0v) is 23.6. The van der Waals surface area contributed by atoms with Gasteiger partial charge in [-0.3, -0.25) is 14.8 Å². The van der Waals surface area contributed by atoms with Crippen LogP contribution in [0.4, 0.5) is 23.2 Å². The van der Waals surface area contributed by atoms with Crippen molar-refractivity contribution in [1.82, 2.24) is 15.1 Å². The fourth-order valence-electron chi connectivity index (χ4n) is 3.91. The summed E-state index contributed by atoms with van der Waals surface area (Å²) >= 11 is 1.52. The molecule has 0 aliphatic carbocycles. The molecule has 1 aromatic heterocycles. The molecule has 9 nitrogen and oxygen atoms in total. The summed E-state index contributed by atoms with van der Waals surface area (Å²) in [6.45, 7) is 3.75. The van der Waals surface area contributed by atoms with Crippen LogP contribution in [0.1, 0.15) is 48.3 Å². The molecule has 218 valence electrons. The molecule has 2 unspecified atom stereocenters. The summed E-state index contributed by atoms with van der Waals surface area (Å²) in [5, 5.41) is 18.4. The van der Waals surface area contributed by atoms with Crippen molar-refractivity contribution in [3.05, 3.63) is 71.3 Å². The van der Waals surface area contributed by atoms with E-state index in [1.165, 1.54) is 30.9 Å². The Morgan fingerprint density at radius 2 is 1.90 bits per heavy atom. The van der Waals surface area contributed by atoms with Crippen LogP contribution in [0, 0.1) is 17.3 Å². The molecule has 0 aliphatic rings. The zero-order chi connectivity index (χ0) is 30.3. The molecular formula is C27H30F4N7O2S+. The van der Waals surface area contributed by atoms with E-state index < -0.39 is 35.2 Å². The maximum atomic E-state index is 14.6. The number of phenols is 1. The van der Waals surface area contributed by atoms with Gasteiger partial charge in [0, 0.05) is 29.9 Å². The number of carbonyl (C=O) groups is 1. The van der Waals surface area contributed by atoms with Gasteiger partial charge in [0.15, 0.2) is 5.69 Å². The van der Waals surface area contributed by atoms with Gasteiger partial charge in [-0.2, -0.15) is 18.3 Å². The van der Waals surface area contributed by atoms with Gasteiger partial charge >= 0.3 is 11.9 Å². The lowest BCUT2D eigenvalue weighted by molar-refractivity contribution is -0.141. The SMILES string of the molecule is CCC(C)C(CC(=[N+]=N)c1ccc(O)cc1F)N=C(NC(=O)c1cn(C)nc1C(F)(F)F)Nc1ccc(SC)cc1. The standard InChI is InChI=1S/C27H29F4N7O2S/c1-5-15(2)22(13-23(36-32)19-11-8-17(39)12-21(19)28)34-26(33-16-6-9-18(41-4)10-7-16)35-25(40)20-14-38(3)37-24(20)27(29,30)31/h6-12,14-15,22,32H,5,13H2,1-4H3,(H2,33,34,35,40)/p+1. The molecule has 0 fully saturated rings. The average molecular weight is 593 g/mol. The molecule has 3 rings (SSSR count). The number of rotatable bonds is 9. The van der Waals surface area contributed by atoms with Gasteiger partial charge in [-0.25, -0.2) is 9.38 Å². The Labute approximate surface area is 238 Å². The number of phenolic OH excluding ortho intramolecular Hbond substituents is 1. The molecule has 2 atom stereocenters. The van der Waals surface area contributed by atoms with Crippen LogP contribution in [0.15, 0.2) is 58.5 Å². The number of hydrogen-bond donors (Lipinski definition) is 4. The number of hydrogen-bond acceptors (Lipinski definition) is 6. The first-order chi connectivity index (χ1) is 19.4. The number of alkyl halides is 3. The van der Waals surface area contributed by atoms with Crippen LogP contribution in [-0.2, 0) is 13.2 Å². The first kappa shape index (κ1) is 31.4. The highest BCUT2D eigenvalue weighted by Crippen LogP contribution is 2.30. The van der Waals surface area contributed by atoms with Crippen LogP contribution in [0.5, 0.6) is 5.75 Å². The van der Waals surface area contributed by atoms with Crippen molar-refractivity contribution < 1.29 is 32.3 Å². The van der Waals surface area contributed by atoms with Crippen molar-refractivity contribution in [1.29, 1.82) is 5.53 Å². The van der Waals surface area contributed by atoms with E-state index in [4.69, 9.17) is 5.53 Å². The van der Waals surface area contributed by atoms with Crippen LogP contribution < -0.4 is 10.6 Å². The molecule has 0 saturated heterocycles. The van der Waals surface area contributed by atoms with Gasteiger partial charge in [-0.05, 0) is 48.6 Å². The summed E-state index contributed by atoms with van der Waals surface area (Å²) in [7, 11) is 1.27. The summed E-state index contributed by atoms with van der Waals surface area (Å²) in [5.74, 6) is -2.48.